The number of hydrogen-bond acceptors (Lipinski definition) is 3. The summed E-state index contributed by atoms with van der Waals surface area (Å²) in [6, 6.07) is 17.6. The number of rotatable bonds is 9. The van der Waals surface area contributed by atoms with Gasteiger partial charge in [-0.3, -0.25) is 9.69 Å². The van der Waals surface area contributed by atoms with Crippen LogP contribution < -0.4 is 10.1 Å². The number of carbonyl (C=O) groups excluding carboxylic acids is 1. The number of hydrogen-bond donors (Lipinski definition) is 1. The maximum atomic E-state index is 12.6. The molecule has 26 heavy (non-hydrogen) atoms. The molecule has 0 bridgehead atoms. The van der Waals surface area contributed by atoms with Gasteiger partial charge >= 0.3 is 0 Å². The van der Waals surface area contributed by atoms with Gasteiger partial charge < -0.3 is 10.1 Å². The van der Waals surface area contributed by atoms with Gasteiger partial charge in [-0.15, -0.1) is 0 Å². The molecule has 4 nitrogen and oxygen atoms in total. The van der Waals surface area contributed by atoms with Crippen molar-refractivity contribution in [2.24, 2.45) is 0 Å². The van der Waals surface area contributed by atoms with E-state index in [0.29, 0.717) is 12.5 Å². The SMILES string of the molecule is CC(C)c1ccccc1NC(=O)C(C)N(C)CCCOc1ccccc1. The van der Waals surface area contributed by atoms with Crippen molar-refractivity contribution < 1.29 is 9.53 Å². The van der Waals surface area contributed by atoms with E-state index in [-0.39, 0.29) is 11.9 Å². The lowest BCUT2D eigenvalue weighted by atomic mass is 10.0. The Hall–Kier alpha value is -2.33. The topological polar surface area (TPSA) is 41.6 Å². The second-order valence-electron chi connectivity index (χ2n) is 6.90. The summed E-state index contributed by atoms with van der Waals surface area (Å²) in [4.78, 5) is 14.7. The molecule has 1 amide bonds. The summed E-state index contributed by atoms with van der Waals surface area (Å²) >= 11 is 0. The summed E-state index contributed by atoms with van der Waals surface area (Å²) < 4.78 is 5.71. The van der Waals surface area contributed by atoms with Gasteiger partial charge in [-0.2, -0.15) is 0 Å². The number of carbonyl (C=O) groups is 1. The summed E-state index contributed by atoms with van der Waals surface area (Å²) in [5, 5.41) is 3.08. The second kappa shape index (κ2) is 9.97. The average molecular weight is 354 g/mol. The largest absolute Gasteiger partial charge is 0.494 e. The van der Waals surface area contributed by atoms with Crippen LogP contribution in [-0.2, 0) is 4.79 Å². The zero-order valence-corrected chi connectivity index (χ0v) is 16.2. The highest BCUT2D eigenvalue weighted by Crippen LogP contribution is 2.24. The van der Waals surface area contributed by atoms with Gasteiger partial charge in [0, 0.05) is 12.2 Å². The van der Waals surface area contributed by atoms with Crippen LogP contribution in [0.3, 0.4) is 0 Å². The van der Waals surface area contributed by atoms with Gasteiger partial charge in [-0.25, -0.2) is 0 Å². The van der Waals surface area contributed by atoms with E-state index in [4.69, 9.17) is 4.74 Å². The third-order valence-corrected chi connectivity index (χ3v) is 4.55. The third kappa shape index (κ3) is 5.88. The molecule has 0 saturated carbocycles. The summed E-state index contributed by atoms with van der Waals surface area (Å²) in [5.74, 6) is 1.27. The Kier molecular flexibility index (Phi) is 7.67. The molecule has 0 heterocycles. The van der Waals surface area contributed by atoms with E-state index in [9.17, 15) is 4.79 Å². The molecule has 0 saturated heterocycles. The van der Waals surface area contributed by atoms with Crippen molar-refractivity contribution in [3.05, 3.63) is 60.2 Å². The predicted molar refractivity (Wildman–Crippen MR) is 108 cm³/mol. The van der Waals surface area contributed by atoms with E-state index in [1.165, 1.54) is 0 Å². The van der Waals surface area contributed by atoms with Crippen LogP contribution in [0.25, 0.3) is 0 Å². The van der Waals surface area contributed by atoms with Gasteiger partial charge in [0.05, 0.1) is 12.6 Å². The minimum absolute atomic E-state index is 0.0181. The standard InChI is InChI=1S/C22H30N2O2/c1-17(2)20-13-8-9-14-21(20)23-22(25)18(3)24(4)15-10-16-26-19-11-6-5-7-12-19/h5-9,11-14,17-18H,10,15-16H2,1-4H3,(H,23,25). The fraction of sp³-hybridized carbons (Fsp3) is 0.409. The van der Waals surface area contributed by atoms with Gasteiger partial charge in [0.25, 0.3) is 0 Å². The summed E-state index contributed by atoms with van der Waals surface area (Å²) in [6.07, 6.45) is 0.867. The molecule has 1 N–H and O–H groups in total. The Morgan fingerprint density at radius 3 is 2.38 bits per heavy atom. The molecule has 0 radical (unpaired) electrons. The second-order valence-corrected chi connectivity index (χ2v) is 6.90. The molecule has 0 aliphatic heterocycles. The minimum atomic E-state index is -0.202. The molecule has 2 rings (SSSR count). The molecule has 1 unspecified atom stereocenters. The van der Waals surface area contributed by atoms with Crippen LogP contribution in [0.4, 0.5) is 5.69 Å². The minimum Gasteiger partial charge on any atom is -0.494 e. The van der Waals surface area contributed by atoms with Crippen LogP contribution in [0.1, 0.15) is 38.7 Å². The molecule has 0 aromatic heterocycles. The molecule has 1 atom stereocenters. The molecular formula is C22H30N2O2. The number of likely N-dealkylation sites (N-methyl/N-ethyl adjacent to an activating group) is 1. The maximum Gasteiger partial charge on any atom is 0.241 e. The Morgan fingerprint density at radius 1 is 1.04 bits per heavy atom. The highest BCUT2D eigenvalue weighted by molar-refractivity contribution is 5.95. The fourth-order valence-corrected chi connectivity index (χ4v) is 2.77. The van der Waals surface area contributed by atoms with Gasteiger partial charge in [0.1, 0.15) is 5.75 Å². The number of anilines is 1. The van der Waals surface area contributed by atoms with Crippen molar-refractivity contribution in [1.29, 1.82) is 0 Å². The van der Waals surface area contributed by atoms with Gasteiger partial charge in [0.2, 0.25) is 5.91 Å². The Labute approximate surface area is 157 Å². The first-order valence-electron chi connectivity index (χ1n) is 9.27. The average Bonchev–Trinajstić information content (AvgIpc) is 2.65. The molecule has 0 spiro atoms. The number of amides is 1. The molecule has 2 aromatic carbocycles. The van der Waals surface area contributed by atoms with E-state index < -0.39 is 0 Å². The van der Waals surface area contributed by atoms with Gasteiger partial charge in [0.15, 0.2) is 0 Å². The van der Waals surface area contributed by atoms with Crippen molar-refractivity contribution in [3.8, 4) is 5.75 Å². The van der Waals surface area contributed by atoms with Crippen molar-refractivity contribution in [3.63, 3.8) is 0 Å². The normalized spacial score (nSPS) is 12.2. The van der Waals surface area contributed by atoms with Crippen LogP contribution in [0.5, 0.6) is 5.75 Å². The summed E-state index contributed by atoms with van der Waals surface area (Å²) in [6.45, 7) is 7.64. The smallest absolute Gasteiger partial charge is 0.241 e. The first kappa shape index (κ1) is 20.0. The van der Waals surface area contributed by atoms with E-state index >= 15 is 0 Å². The Bertz CT molecular complexity index is 686. The molecule has 0 aliphatic rings. The molecule has 0 fully saturated rings. The molecule has 4 heteroatoms. The Morgan fingerprint density at radius 2 is 1.69 bits per heavy atom. The van der Waals surface area contributed by atoms with Crippen LogP contribution in [-0.4, -0.2) is 37.0 Å². The van der Waals surface area contributed by atoms with E-state index in [1.807, 2.05) is 62.5 Å². The third-order valence-electron chi connectivity index (χ3n) is 4.55. The molecule has 2 aromatic rings. The highest BCUT2D eigenvalue weighted by atomic mass is 16.5. The first-order chi connectivity index (χ1) is 12.5. The fourth-order valence-electron chi connectivity index (χ4n) is 2.77. The maximum absolute atomic E-state index is 12.6. The lowest BCUT2D eigenvalue weighted by Gasteiger charge is -2.24. The lowest BCUT2D eigenvalue weighted by Crippen LogP contribution is -2.40. The molecular weight excluding hydrogens is 324 g/mol. The monoisotopic (exact) mass is 354 g/mol. The quantitative estimate of drug-likeness (QED) is 0.672. The number of para-hydroxylation sites is 2. The van der Waals surface area contributed by atoms with E-state index in [0.717, 1.165) is 30.0 Å². The lowest BCUT2D eigenvalue weighted by molar-refractivity contribution is -0.120. The number of nitrogens with zero attached hydrogens (tertiary/aromatic N) is 1. The van der Waals surface area contributed by atoms with Crippen molar-refractivity contribution in [1.82, 2.24) is 4.90 Å². The Balaban J connectivity index is 1.80. The van der Waals surface area contributed by atoms with Crippen LogP contribution in [0, 0.1) is 0 Å². The number of nitrogens with one attached hydrogen (secondary N) is 1. The van der Waals surface area contributed by atoms with Crippen molar-refractivity contribution in [2.75, 3.05) is 25.5 Å². The van der Waals surface area contributed by atoms with Crippen LogP contribution in [0.2, 0.25) is 0 Å². The van der Waals surface area contributed by atoms with Gasteiger partial charge in [-0.1, -0.05) is 50.2 Å². The summed E-state index contributed by atoms with van der Waals surface area (Å²) in [5.41, 5.74) is 2.06. The molecule has 140 valence electrons. The first-order valence-corrected chi connectivity index (χ1v) is 9.27. The predicted octanol–water partition coefficient (Wildman–Crippen LogP) is 4.54. The number of benzene rings is 2. The van der Waals surface area contributed by atoms with Crippen molar-refractivity contribution >= 4 is 11.6 Å². The zero-order valence-electron chi connectivity index (χ0n) is 16.2. The van der Waals surface area contributed by atoms with Crippen LogP contribution >= 0.6 is 0 Å². The van der Waals surface area contributed by atoms with Gasteiger partial charge in [-0.05, 0) is 50.1 Å². The van der Waals surface area contributed by atoms with E-state index in [2.05, 4.69) is 30.1 Å². The molecule has 0 aliphatic carbocycles. The summed E-state index contributed by atoms with van der Waals surface area (Å²) in [7, 11) is 1.97. The van der Waals surface area contributed by atoms with Crippen molar-refractivity contribution in [2.45, 2.75) is 39.2 Å². The van der Waals surface area contributed by atoms with E-state index in [1.54, 1.807) is 0 Å². The number of ether oxygens (including phenoxy) is 1. The highest BCUT2D eigenvalue weighted by Gasteiger charge is 2.19. The zero-order chi connectivity index (χ0) is 18.9. The van der Waals surface area contributed by atoms with Crippen LogP contribution in [0.15, 0.2) is 54.6 Å².